The highest BCUT2D eigenvalue weighted by Gasteiger charge is 2.02. The van der Waals surface area contributed by atoms with Gasteiger partial charge in [0.1, 0.15) is 12.4 Å². The molecule has 0 saturated heterocycles. The van der Waals surface area contributed by atoms with E-state index >= 15 is 0 Å². The van der Waals surface area contributed by atoms with Crippen LogP contribution in [-0.4, -0.2) is 29.6 Å². The Morgan fingerprint density at radius 3 is 2.85 bits per heavy atom. The van der Waals surface area contributed by atoms with Crippen molar-refractivity contribution in [1.82, 2.24) is 9.97 Å². The van der Waals surface area contributed by atoms with Crippen molar-refractivity contribution >= 4 is 11.8 Å². The van der Waals surface area contributed by atoms with Crippen molar-refractivity contribution < 1.29 is 9.53 Å². The summed E-state index contributed by atoms with van der Waals surface area (Å²) in [4.78, 5) is 18.8. The number of nitrogens with zero attached hydrogens (tertiary/aromatic N) is 2. The number of ether oxygens (including phenoxy) is 1. The monoisotopic (exact) mass is 181 g/mol. The molecule has 5 nitrogen and oxygen atoms in total. The van der Waals surface area contributed by atoms with Gasteiger partial charge in [0.15, 0.2) is 0 Å². The minimum atomic E-state index is -0.329. The number of nitrogens with one attached hydrogen (secondary N) is 1. The van der Waals surface area contributed by atoms with Gasteiger partial charge in [-0.2, -0.15) is 0 Å². The van der Waals surface area contributed by atoms with Gasteiger partial charge >= 0.3 is 5.97 Å². The van der Waals surface area contributed by atoms with Crippen molar-refractivity contribution in [2.24, 2.45) is 0 Å². The van der Waals surface area contributed by atoms with Gasteiger partial charge < -0.3 is 10.1 Å². The summed E-state index contributed by atoms with van der Waals surface area (Å²) in [5.74, 6) is 0.276. The molecule has 1 aromatic heterocycles. The lowest BCUT2D eigenvalue weighted by Gasteiger charge is -2.04. The largest absolute Gasteiger partial charge is 0.468 e. The van der Waals surface area contributed by atoms with Crippen LogP contribution >= 0.6 is 0 Å². The first kappa shape index (κ1) is 9.44. The lowest BCUT2D eigenvalue weighted by Crippen LogP contribution is -2.16. The number of rotatable bonds is 3. The Balaban J connectivity index is 2.54. The molecule has 0 aromatic carbocycles. The maximum absolute atomic E-state index is 10.8. The number of carbonyl (C=O) groups is 1. The third-order valence-electron chi connectivity index (χ3n) is 1.51. The Labute approximate surface area is 76.2 Å². The van der Waals surface area contributed by atoms with Crippen LogP contribution in [0.15, 0.2) is 12.4 Å². The molecule has 0 amide bonds. The fraction of sp³-hybridized carbons (Fsp3) is 0.375. The highest BCUT2D eigenvalue weighted by atomic mass is 16.5. The second kappa shape index (κ2) is 4.39. The molecule has 0 spiro atoms. The molecule has 0 aliphatic rings. The van der Waals surface area contributed by atoms with E-state index in [0.717, 1.165) is 5.69 Å². The van der Waals surface area contributed by atoms with E-state index in [4.69, 9.17) is 0 Å². The molecule has 5 heteroatoms. The summed E-state index contributed by atoms with van der Waals surface area (Å²) in [6, 6.07) is 0. The molecule has 0 radical (unpaired) electrons. The molecule has 0 saturated carbocycles. The van der Waals surface area contributed by atoms with Gasteiger partial charge in [0.2, 0.25) is 0 Å². The third kappa shape index (κ3) is 2.70. The summed E-state index contributed by atoms with van der Waals surface area (Å²) in [6.07, 6.45) is 3.16. The molecule has 1 aromatic rings. The Morgan fingerprint density at radius 1 is 1.54 bits per heavy atom. The summed E-state index contributed by atoms with van der Waals surface area (Å²) in [5.41, 5.74) is 0.756. The maximum atomic E-state index is 10.8. The number of methoxy groups -OCH3 is 1. The standard InChI is InChI=1S/C8H11N3O2/c1-6-8(10-4-3-9-6)11-5-7(12)13-2/h3-4H,5H2,1-2H3,(H,10,11). The second-order valence-corrected chi connectivity index (χ2v) is 2.42. The van der Waals surface area contributed by atoms with E-state index in [0.29, 0.717) is 5.82 Å². The van der Waals surface area contributed by atoms with E-state index in [1.807, 2.05) is 6.92 Å². The number of hydrogen-bond acceptors (Lipinski definition) is 5. The van der Waals surface area contributed by atoms with Crippen LogP contribution in [0.2, 0.25) is 0 Å². The van der Waals surface area contributed by atoms with Crippen LogP contribution in [0, 0.1) is 6.92 Å². The average molecular weight is 181 g/mol. The van der Waals surface area contributed by atoms with Crippen LogP contribution in [0.1, 0.15) is 5.69 Å². The van der Waals surface area contributed by atoms with Crippen LogP contribution in [0.3, 0.4) is 0 Å². The van der Waals surface area contributed by atoms with Crippen LogP contribution < -0.4 is 5.32 Å². The van der Waals surface area contributed by atoms with Crippen molar-refractivity contribution in [3.8, 4) is 0 Å². The van der Waals surface area contributed by atoms with E-state index in [-0.39, 0.29) is 12.5 Å². The highest BCUT2D eigenvalue weighted by Crippen LogP contribution is 2.04. The maximum Gasteiger partial charge on any atom is 0.325 e. The third-order valence-corrected chi connectivity index (χ3v) is 1.51. The molecule has 1 rings (SSSR count). The van der Waals surface area contributed by atoms with Crippen molar-refractivity contribution in [2.45, 2.75) is 6.92 Å². The van der Waals surface area contributed by atoms with Gasteiger partial charge in [0.25, 0.3) is 0 Å². The molecule has 0 aliphatic heterocycles. The van der Waals surface area contributed by atoms with Crippen molar-refractivity contribution in [3.63, 3.8) is 0 Å². The minimum absolute atomic E-state index is 0.107. The fourth-order valence-electron chi connectivity index (χ4n) is 0.809. The van der Waals surface area contributed by atoms with E-state index in [1.165, 1.54) is 7.11 Å². The quantitative estimate of drug-likeness (QED) is 0.682. The van der Waals surface area contributed by atoms with Crippen molar-refractivity contribution in [2.75, 3.05) is 19.0 Å². The van der Waals surface area contributed by atoms with Crippen LogP contribution in [0.25, 0.3) is 0 Å². The summed E-state index contributed by atoms with van der Waals surface area (Å²) in [7, 11) is 1.34. The molecule has 13 heavy (non-hydrogen) atoms. The van der Waals surface area contributed by atoms with Crippen molar-refractivity contribution in [1.29, 1.82) is 0 Å². The smallest absolute Gasteiger partial charge is 0.325 e. The number of carbonyl (C=O) groups excluding carboxylic acids is 1. The zero-order chi connectivity index (χ0) is 9.68. The number of hydrogen-bond donors (Lipinski definition) is 1. The lowest BCUT2D eigenvalue weighted by molar-refractivity contribution is -0.138. The average Bonchev–Trinajstić information content (AvgIpc) is 2.16. The van der Waals surface area contributed by atoms with Gasteiger partial charge in [-0.1, -0.05) is 0 Å². The Hall–Kier alpha value is -1.65. The first-order valence-electron chi connectivity index (χ1n) is 3.82. The molecule has 0 fully saturated rings. The Kier molecular flexibility index (Phi) is 3.19. The molecule has 1 heterocycles. The minimum Gasteiger partial charge on any atom is -0.468 e. The number of esters is 1. The summed E-state index contributed by atoms with van der Waals surface area (Å²) < 4.78 is 4.46. The van der Waals surface area contributed by atoms with E-state index in [9.17, 15) is 4.79 Å². The van der Waals surface area contributed by atoms with Crippen LogP contribution in [-0.2, 0) is 9.53 Å². The van der Waals surface area contributed by atoms with E-state index in [2.05, 4.69) is 20.0 Å². The zero-order valence-corrected chi connectivity index (χ0v) is 7.57. The normalized spacial score (nSPS) is 9.38. The van der Waals surface area contributed by atoms with Gasteiger partial charge in [0, 0.05) is 12.4 Å². The molecule has 0 aliphatic carbocycles. The molecule has 0 atom stereocenters. The number of aryl methyl sites for hydroxylation is 1. The summed E-state index contributed by atoms with van der Waals surface area (Å²) >= 11 is 0. The SMILES string of the molecule is COC(=O)CNc1nccnc1C. The molecular weight excluding hydrogens is 170 g/mol. The van der Waals surface area contributed by atoms with Gasteiger partial charge in [-0.25, -0.2) is 4.98 Å². The summed E-state index contributed by atoms with van der Waals surface area (Å²) in [5, 5.41) is 2.82. The highest BCUT2D eigenvalue weighted by molar-refractivity contribution is 5.74. The van der Waals surface area contributed by atoms with Gasteiger partial charge in [-0.05, 0) is 6.92 Å². The van der Waals surface area contributed by atoms with Crippen molar-refractivity contribution in [3.05, 3.63) is 18.1 Å². The second-order valence-electron chi connectivity index (χ2n) is 2.42. The topological polar surface area (TPSA) is 64.1 Å². The molecule has 0 unspecified atom stereocenters. The Morgan fingerprint density at radius 2 is 2.23 bits per heavy atom. The van der Waals surface area contributed by atoms with Gasteiger partial charge in [-0.15, -0.1) is 0 Å². The summed E-state index contributed by atoms with van der Waals surface area (Å²) in [6.45, 7) is 1.92. The molecule has 70 valence electrons. The predicted molar refractivity (Wildman–Crippen MR) is 47.3 cm³/mol. The first-order chi connectivity index (χ1) is 6.24. The molecular formula is C8H11N3O2. The number of aromatic nitrogens is 2. The van der Waals surface area contributed by atoms with E-state index in [1.54, 1.807) is 12.4 Å². The first-order valence-corrected chi connectivity index (χ1v) is 3.82. The molecule has 0 bridgehead atoms. The van der Waals surface area contributed by atoms with Crippen LogP contribution in [0.5, 0.6) is 0 Å². The lowest BCUT2D eigenvalue weighted by atomic mass is 10.4. The van der Waals surface area contributed by atoms with Crippen LogP contribution in [0.4, 0.5) is 5.82 Å². The Bertz CT molecular complexity index is 301. The zero-order valence-electron chi connectivity index (χ0n) is 7.57. The van der Waals surface area contributed by atoms with Gasteiger partial charge in [-0.3, -0.25) is 9.78 Å². The predicted octanol–water partition coefficient (Wildman–Crippen LogP) is 0.370. The number of anilines is 1. The van der Waals surface area contributed by atoms with Gasteiger partial charge in [0.05, 0.1) is 12.8 Å². The van der Waals surface area contributed by atoms with E-state index < -0.39 is 0 Å². The molecule has 1 N–H and O–H groups in total. The fourth-order valence-corrected chi connectivity index (χ4v) is 0.809.